The van der Waals surface area contributed by atoms with Crippen LogP contribution in [0.15, 0.2) is 47.8 Å². The molecule has 0 unspecified atom stereocenters. The predicted molar refractivity (Wildman–Crippen MR) is 113 cm³/mol. The number of aromatic nitrogens is 2. The molecule has 1 aliphatic heterocycles. The van der Waals surface area contributed by atoms with Crippen molar-refractivity contribution >= 4 is 32.9 Å². The highest BCUT2D eigenvalue weighted by Gasteiger charge is 2.25. The first-order valence-corrected chi connectivity index (χ1v) is 11.5. The summed E-state index contributed by atoms with van der Waals surface area (Å²) < 4.78 is 25.5. The number of pyridine rings is 1. The number of rotatable bonds is 4. The van der Waals surface area contributed by atoms with Crippen molar-refractivity contribution in [3.8, 4) is 0 Å². The number of imidazole rings is 1. The fourth-order valence-electron chi connectivity index (χ4n) is 3.71. The van der Waals surface area contributed by atoms with Gasteiger partial charge in [-0.15, -0.1) is 0 Å². The van der Waals surface area contributed by atoms with E-state index >= 15 is 0 Å². The number of benzene rings is 1. The second-order valence-electron chi connectivity index (χ2n) is 7.40. The molecular formula is C21H22N4O4S. The summed E-state index contributed by atoms with van der Waals surface area (Å²) in [4.78, 5) is 31.7. The summed E-state index contributed by atoms with van der Waals surface area (Å²) in [7, 11) is -3.63. The summed E-state index contributed by atoms with van der Waals surface area (Å²) in [5, 5.41) is 2.59. The molecule has 3 heterocycles. The summed E-state index contributed by atoms with van der Waals surface area (Å²) >= 11 is 0. The van der Waals surface area contributed by atoms with Crippen molar-refractivity contribution < 1.29 is 18.0 Å². The second kappa shape index (κ2) is 7.56. The molecule has 3 aromatic rings. The largest absolute Gasteiger partial charge is 0.339 e. The lowest BCUT2D eigenvalue weighted by atomic mass is 10.1. The number of carbonyl (C=O) groups excluding carboxylic acids is 2. The van der Waals surface area contributed by atoms with Crippen LogP contribution in [0.3, 0.4) is 0 Å². The summed E-state index contributed by atoms with van der Waals surface area (Å²) in [6, 6.07) is 10.2. The minimum absolute atomic E-state index is 0.00620. The molecule has 2 amide bonds. The summed E-state index contributed by atoms with van der Waals surface area (Å²) in [6.45, 7) is 3.26. The topological polar surface area (TPSA) is 101 Å². The Kier molecular flexibility index (Phi) is 5.07. The van der Waals surface area contributed by atoms with Crippen molar-refractivity contribution in [1.29, 1.82) is 0 Å². The van der Waals surface area contributed by atoms with Crippen LogP contribution in [-0.2, 0) is 9.84 Å². The molecule has 0 atom stereocenters. The molecule has 0 aliphatic carbocycles. The number of amides is 2. The molecule has 1 fully saturated rings. The summed E-state index contributed by atoms with van der Waals surface area (Å²) in [6.07, 6.45) is 4.60. The Morgan fingerprint density at radius 2 is 1.80 bits per heavy atom. The van der Waals surface area contributed by atoms with Gasteiger partial charge < -0.3 is 10.2 Å². The van der Waals surface area contributed by atoms with Crippen LogP contribution in [0.25, 0.3) is 5.52 Å². The van der Waals surface area contributed by atoms with Crippen molar-refractivity contribution in [3.63, 3.8) is 0 Å². The maximum Gasteiger partial charge on any atom is 0.276 e. The zero-order chi connectivity index (χ0) is 21.5. The first-order chi connectivity index (χ1) is 14.3. The van der Waals surface area contributed by atoms with E-state index in [2.05, 4.69) is 10.3 Å². The van der Waals surface area contributed by atoms with Gasteiger partial charge in [0.1, 0.15) is 0 Å². The van der Waals surface area contributed by atoms with Crippen LogP contribution in [0.4, 0.5) is 5.69 Å². The molecule has 1 aromatic carbocycles. The Hall–Kier alpha value is -3.20. The average molecular weight is 426 g/mol. The van der Waals surface area contributed by atoms with Crippen LogP contribution in [0.1, 0.15) is 39.3 Å². The first kappa shape index (κ1) is 20.1. The van der Waals surface area contributed by atoms with Gasteiger partial charge in [-0.25, -0.2) is 13.4 Å². The Balaban J connectivity index is 1.69. The van der Waals surface area contributed by atoms with Crippen LogP contribution in [-0.4, -0.2) is 53.9 Å². The van der Waals surface area contributed by atoms with Crippen molar-refractivity contribution in [1.82, 2.24) is 14.3 Å². The van der Waals surface area contributed by atoms with E-state index in [0.29, 0.717) is 22.3 Å². The monoisotopic (exact) mass is 426 g/mol. The fraction of sp³-hybridized carbons (Fsp3) is 0.286. The number of anilines is 1. The quantitative estimate of drug-likeness (QED) is 0.691. The molecular weight excluding hydrogens is 404 g/mol. The number of sulfone groups is 1. The Morgan fingerprint density at radius 3 is 2.50 bits per heavy atom. The number of nitrogens with one attached hydrogen (secondary N) is 1. The van der Waals surface area contributed by atoms with Crippen molar-refractivity contribution in [2.45, 2.75) is 24.9 Å². The second-order valence-corrected chi connectivity index (χ2v) is 9.31. The van der Waals surface area contributed by atoms with Gasteiger partial charge in [0, 0.05) is 36.8 Å². The van der Waals surface area contributed by atoms with Crippen LogP contribution in [0, 0.1) is 6.92 Å². The lowest BCUT2D eigenvalue weighted by Crippen LogP contribution is -2.28. The van der Waals surface area contributed by atoms with E-state index in [4.69, 9.17) is 0 Å². The van der Waals surface area contributed by atoms with E-state index < -0.39 is 15.7 Å². The van der Waals surface area contributed by atoms with Crippen molar-refractivity contribution in [2.75, 3.05) is 24.7 Å². The molecule has 1 aliphatic rings. The van der Waals surface area contributed by atoms with Gasteiger partial charge in [0.05, 0.1) is 5.52 Å². The highest BCUT2D eigenvalue weighted by Crippen LogP contribution is 2.24. The summed E-state index contributed by atoms with van der Waals surface area (Å²) in [5.74, 6) is -0.588. The van der Waals surface area contributed by atoms with E-state index in [1.54, 1.807) is 49.5 Å². The number of likely N-dealkylation sites (tertiary alicyclic amines) is 1. The van der Waals surface area contributed by atoms with Crippen LogP contribution in [0.5, 0.6) is 0 Å². The number of hydrogen-bond acceptors (Lipinski definition) is 5. The minimum atomic E-state index is -3.63. The third kappa shape index (κ3) is 3.56. The molecule has 2 aromatic heterocycles. The maximum absolute atomic E-state index is 13.0. The van der Waals surface area contributed by atoms with Crippen molar-refractivity contribution in [3.05, 3.63) is 59.4 Å². The third-order valence-electron chi connectivity index (χ3n) is 5.27. The predicted octanol–water partition coefficient (Wildman–Crippen LogP) is 2.53. The Morgan fingerprint density at radius 1 is 1.07 bits per heavy atom. The van der Waals surface area contributed by atoms with Gasteiger partial charge in [-0.2, -0.15) is 0 Å². The maximum atomic E-state index is 13.0. The molecule has 1 saturated heterocycles. The SMILES string of the molecule is Cc1c(NC(=O)c2nc(S(C)(=O)=O)n3ccccc23)cccc1C(=O)N1CCCC1. The summed E-state index contributed by atoms with van der Waals surface area (Å²) in [5.41, 5.74) is 2.09. The molecule has 9 heteroatoms. The van der Waals surface area contributed by atoms with E-state index in [1.807, 2.05) is 4.90 Å². The number of nitrogens with zero attached hydrogens (tertiary/aromatic N) is 3. The molecule has 0 saturated carbocycles. The third-order valence-corrected chi connectivity index (χ3v) is 6.22. The van der Waals surface area contributed by atoms with E-state index in [1.165, 1.54) is 4.40 Å². The molecule has 0 bridgehead atoms. The zero-order valence-electron chi connectivity index (χ0n) is 16.8. The first-order valence-electron chi connectivity index (χ1n) is 9.65. The average Bonchev–Trinajstić information content (AvgIpc) is 3.37. The molecule has 30 heavy (non-hydrogen) atoms. The van der Waals surface area contributed by atoms with E-state index in [-0.39, 0.29) is 16.8 Å². The van der Waals surface area contributed by atoms with Gasteiger partial charge in [0.2, 0.25) is 15.0 Å². The molecule has 0 spiro atoms. The lowest BCUT2D eigenvalue weighted by molar-refractivity contribution is 0.0791. The molecule has 1 N–H and O–H groups in total. The van der Waals surface area contributed by atoms with Gasteiger partial charge in [-0.1, -0.05) is 12.1 Å². The Bertz CT molecular complexity index is 1260. The van der Waals surface area contributed by atoms with Crippen LogP contribution < -0.4 is 5.32 Å². The smallest absolute Gasteiger partial charge is 0.276 e. The van der Waals surface area contributed by atoms with Crippen LogP contribution in [0.2, 0.25) is 0 Å². The zero-order valence-corrected chi connectivity index (χ0v) is 17.6. The van der Waals surface area contributed by atoms with E-state index in [0.717, 1.165) is 32.2 Å². The fourth-order valence-corrected chi connectivity index (χ4v) is 4.49. The normalized spacial score (nSPS) is 14.3. The molecule has 8 nitrogen and oxygen atoms in total. The molecule has 0 radical (unpaired) electrons. The number of fused-ring (bicyclic) bond motifs is 1. The highest BCUT2D eigenvalue weighted by atomic mass is 32.2. The standard InChI is InChI=1S/C21H22N4O4S/c1-14-15(20(27)24-11-5-6-12-24)8-7-9-16(14)22-19(26)18-17-10-3-4-13-25(17)21(23-18)30(2,28)29/h3-4,7-10,13H,5-6,11-12H2,1-2H3,(H,22,26). The highest BCUT2D eigenvalue weighted by molar-refractivity contribution is 7.90. The number of carbonyl (C=O) groups is 2. The minimum Gasteiger partial charge on any atom is -0.339 e. The van der Waals surface area contributed by atoms with Crippen LogP contribution >= 0.6 is 0 Å². The van der Waals surface area contributed by atoms with Crippen molar-refractivity contribution in [2.24, 2.45) is 0 Å². The number of hydrogen-bond donors (Lipinski definition) is 1. The van der Waals surface area contributed by atoms with Gasteiger partial charge in [0.25, 0.3) is 11.8 Å². The van der Waals surface area contributed by atoms with Gasteiger partial charge in [-0.3, -0.25) is 14.0 Å². The van der Waals surface area contributed by atoms with E-state index in [9.17, 15) is 18.0 Å². The molecule has 4 rings (SSSR count). The lowest BCUT2D eigenvalue weighted by Gasteiger charge is -2.18. The van der Waals surface area contributed by atoms with Gasteiger partial charge in [0.15, 0.2) is 5.69 Å². The molecule has 156 valence electrons. The van der Waals surface area contributed by atoms with Gasteiger partial charge >= 0.3 is 0 Å². The van der Waals surface area contributed by atoms with Gasteiger partial charge in [-0.05, 0) is 49.6 Å². The Labute approximate surface area is 174 Å².